The van der Waals surface area contributed by atoms with Gasteiger partial charge in [-0.05, 0) is 110 Å². The van der Waals surface area contributed by atoms with Crippen LogP contribution in [0.15, 0.2) is 146 Å². The third kappa shape index (κ3) is 16.5. The highest BCUT2D eigenvalue weighted by atomic mass is 35.5. The number of aryl methyl sites for hydroxylation is 3. The number of carbonyl (C=O) groups excluding carboxylic acids is 3. The molecule has 3 aromatic carbocycles. The van der Waals surface area contributed by atoms with Gasteiger partial charge in [0.25, 0.3) is 0 Å². The lowest BCUT2D eigenvalue weighted by atomic mass is 10.00. The van der Waals surface area contributed by atoms with Gasteiger partial charge in [-0.1, -0.05) is 43.1 Å². The summed E-state index contributed by atoms with van der Waals surface area (Å²) in [6.45, 7) is 5.72. The summed E-state index contributed by atoms with van der Waals surface area (Å²) in [6.07, 6.45) is 15.9. The Hall–Kier alpha value is -8.12. The van der Waals surface area contributed by atoms with E-state index < -0.39 is 5.82 Å². The normalized spacial score (nSPS) is 10.6. The van der Waals surface area contributed by atoms with E-state index in [4.69, 9.17) is 32.7 Å². The molecule has 6 heterocycles. The Kier molecular flexibility index (Phi) is 19.2. The number of Topliss-reactive ketones (excluding diaryl/α,β-unsaturated/α-hetero) is 3. The fourth-order valence-corrected chi connectivity index (χ4v) is 8.35. The van der Waals surface area contributed by atoms with Crippen LogP contribution in [-0.2, 0) is 38.5 Å². The molecule has 14 nitrogen and oxygen atoms in total. The minimum absolute atomic E-state index is 0.0432. The molecule has 0 aliphatic carbocycles. The van der Waals surface area contributed by atoms with E-state index in [-0.39, 0.29) is 42.4 Å². The number of thiazole rings is 1. The summed E-state index contributed by atoms with van der Waals surface area (Å²) in [5.41, 5.74) is 6.18. The van der Waals surface area contributed by atoms with Crippen LogP contribution >= 0.6 is 34.5 Å². The van der Waals surface area contributed by atoms with E-state index in [1.165, 1.54) is 79.4 Å². The summed E-state index contributed by atoms with van der Waals surface area (Å²) >= 11 is 13.7. The number of nitrogens with zero attached hydrogens (tertiary/aromatic N) is 9. The van der Waals surface area contributed by atoms with Crippen LogP contribution in [0.25, 0.3) is 0 Å². The van der Waals surface area contributed by atoms with Crippen molar-refractivity contribution in [3.05, 3.63) is 229 Å². The summed E-state index contributed by atoms with van der Waals surface area (Å²) in [5, 5.41) is 3.57. The van der Waals surface area contributed by atoms with Crippen LogP contribution in [0.2, 0.25) is 10.0 Å². The van der Waals surface area contributed by atoms with E-state index in [1.54, 1.807) is 60.9 Å². The molecule has 0 saturated heterocycles. The summed E-state index contributed by atoms with van der Waals surface area (Å²) in [4.78, 5) is 73.9. The third-order valence-electron chi connectivity index (χ3n) is 10.4. The zero-order chi connectivity index (χ0) is 52.4. The summed E-state index contributed by atoms with van der Waals surface area (Å²) in [5.74, 6) is 0.583. The van der Waals surface area contributed by atoms with E-state index >= 15 is 0 Å². The van der Waals surface area contributed by atoms with Gasteiger partial charge in [0, 0.05) is 68.0 Å². The van der Waals surface area contributed by atoms with Crippen LogP contribution in [-0.4, -0.2) is 62.2 Å². The van der Waals surface area contributed by atoms with Gasteiger partial charge >= 0.3 is 0 Å². The van der Waals surface area contributed by atoms with Crippen molar-refractivity contribution in [2.24, 2.45) is 0 Å². The Balaban J connectivity index is 0.000000162. The molecule has 0 atom stereocenters. The quantitative estimate of drug-likeness (QED) is 0.0784. The first kappa shape index (κ1) is 53.7. The number of rotatable bonds is 17. The molecule has 0 unspecified atom stereocenters. The molecule has 0 bridgehead atoms. The Bertz CT molecular complexity index is 3360. The Morgan fingerprint density at radius 1 is 0.541 bits per heavy atom. The fraction of sp³-hybridized carbons (Fsp3) is 0.164. The monoisotopic (exact) mass is 1050 g/mol. The van der Waals surface area contributed by atoms with Crippen molar-refractivity contribution in [1.29, 1.82) is 0 Å². The maximum atomic E-state index is 13.9. The molecule has 374 valence electrons. The zero-order valence-corrected chi connectivity index (χ0v) is 42.4. The van der Waals surface area contributed by atoms with Gasteiger partial charge in [-0.15, -0.1) is 11.3 Å². The number of hydrogen-bond acceptors (Lipinski definition) is 15. The van der Waals surface area contributed by atoms with Crippen molar-refractivity contribution in [3.8, 4) is 23.0 Å². The number of pyridine rings is 2. The van der Waals surface area contributed by atoms with Crippen LogP contribution in [0.4, 0.5) is 8.78 Å². The Morgan fingerprint density at radius 3 is 1.62 bits per heavy atom. The second-order valence-corrected chi connectivity index (χ2v) is 18.0. The number of ether oxygens (including phenoxy) is 2. The van der Waals surface area contributed by atoms with Gasteiger partial charge in [-0.3, -0.25) is 24.4 Å². The second-order valence-electron chi connectivity index (χ2n) is 16.2. The first-order valence-corrected chi connectivity index (χ1v) is 24.5. The molecule has 0 saturated carbocycles. The molecule has 0 aliphatic rings. The lowest BCUT2D eigenvalue weighted by Crippen LogP contribution is -2.07. The average Bonchev–Trinajstić information content (AvgIpc) is 3.85. The van der Waals surface area contributed by atoms with Gasteiger partial charge in [0.15, 0.2) is 28.8 Å². The zero-order valence-electron chi connectivity index (χ0n) is 40.1. The van der Waals surface area contributed by atoms with Crippen molar-refractivity contribution < 1.29 is 32.6 Å². The minimum Gasteiger partial charge on any atom is -0.454 e. The molecule has 0 spiro atoms. The largest absolute Gasteiger partial charge is 0.454 e. The van der Waals surface area contributed by atoms with E-state index in [1.807, 2.05) is 38.3 Å². The van der Waals surface area contributed by atoms with Crippen LogP contribution in [0.3, 0.4) is 0 Å². The molecule has 0 amide bonds. The predicted molar refractivity (Wildman–Crippen MR) is 276 cm³/mol. The summed E-state index contributed by atoms with van der Waals surface area (Å²) < 4.78 is 38.7. The van der Waals surface area contributed by atoms with Gasteiger partial charge in [0.2, 0.25) is 0 Å². The molecule has 9 aromatic rings. The van der Waals surface area contributed by atoms with Crippen molar-refractivity contribution in [3.63, 3.8) is 0 Å². The highest BCUT2D eigenvalue weighted by molar-refractivity contribution is 7.09. The number of hydrogen-bond donors (Lipinski definition) is 0. The highest BCUT2D eigenvalue weighted by Crippen LogP contribution is 2.28. The molecule has 6 aromatic heterocycles. The maximum absolute atomic E-state index is 13.9. The Morgan fingerprint density at radius 2 is 1.08 bits per heavy atom. The van der Waals surface area contributed by atoms with Crippen LogP contribution in [0, 0.1) is 18.6 Å². The molecule has 74 heavy (non-hydrogen) atoms. The molecular weight excluding hydrogens is 1010 g/mol. The number of benzene rings is 3. The second kappa shape index (κ2) is 26.5. The molecule has 19 heteroatoms. The minimum atomic E-state index is -0.426. The van der Waals surface area contributed by atoms with Crippen molar-refractivity contribution in [2.45, 2.75) is 59.3 Å². The fourth-order valence-electron chi connectivity index (χ4n) is 7.02. The molecule has 0 N–H and O–H groups in total. The van der Waals surface area contributed by atoms with E-state index in [0.29, 0.717) is 85.2 Å². The number of carbonyl (C=O) groups is 3. The smallest absolute Gasteiger partial charge is 0.169 e. The van der Waals surface area contributed by atoms with Crippen molar-refractivity contribution >= 4 is 51.9 Å². The lowest BCUT2D eigenvalue weighted by molar-refractivity contribution is 0.0983. The highest BCUT2D eigenvalue weighted by Gasteiger charge is 2.16. The Labute approximate surface area is 439 Å². The van der Waals surface area contributed by atoms with Gasteiger partial charge in [-0.2, -0.15) is 0 Å². The van der Waals surface area contributed by atoms with E-state index in [9.17, 15) is 23.2 Å². The maximum Gasteiger partial charge on any atom is 0.169 e. The molecule has 0 radical (unpaired) electrons. The lowest BCUT2D eigenvalue weighted by Gasteiger charge is -2.08. The van der Waals surface area contributed by atoms with Crippen molar-refractivity contribution in [1.82, 2.24) is 44.9 Å². The standard InChI is InChI=1S/C19H15ClFN3O2.C19H16FN3O.C17H14ClN3O2S/c1-2-18-17(21)4-3-14(24-18)8-19(25)12-5-13(20)7-15(6-12)26-16-9-22-11-23-10-16;1-13-3-2-4-18(23-13)9-19(24)16-6-14(7-17(20)8-16)5-15-10-21-12-22-11-15;1-2-13-9-24-17(21-13)6-16(22)11-3-12(18)5-14(4-11)23-15-7-19-10-20-8-15/h3-7,9-11H,2,8H2,1H3;2-4,6-8,10-12H,5,9H2,1H3;3-5,7-10H,2,6H2,1H3. The van der Waals surface area contributed by atoms with Crippen molar-refractivity contribution in [2.75, 3.05) is 0 Å². The number of halogens is 4. The number of aromatic nitrogens is 9. The van der Waals surface area contributed by atoms with Gasteiger partial charge in [-0.25, -0.2) is 43.7 Å². The average molecular weight is 1050 g/mol. The first-order chi connectivity index (χ1) is 35.8. The summed E-state index contributed by atoms with van der Waals surface area (Å²) in [7, 11) is 0. The van der Waals surface area contributed by atoms with E-state index in [2.05, 4.69) is 44.9 Å². The van der Waals surface area contributed by atoms with Crippen LogP contribution in [0.1, 0.15) is 89.5 Å². The third-order valence-corrected chi connectivity index (χ3v) is 11.8. The molecule has 9 rings (SSSR count). The van der Waals surface area contributed by atoms with Crippen LogP contribution < -0.4 is 9.47 Å². The topological polar surface area (TPSA) is 186 Å². The van der Waals surface area contributed by atoms with Gasteiger partial charge < -0.3 is 9.47 Å². The molecule has 0 aliphatic heterocycles. The molecule has 0 fully saturated rings. The summed E-state index contributed by atoms with van der Waals surface area (Å²) in [6, 6.07) is 22.5. The van der Waals surface area contributed by atoms with Crippen LogP contribution in [0.5, 0.6) is 23.0 Å². The van der Waals surface area contributed by atoms with E-state index in [0.717, 1.165) is 28.4 Å². The molecular formula is C55H45Cl2F2N9O5S. The first-order valence-electron chi connectivity index (χ1n) is 22.9. The number of ketones is 3. The van der Waals surface area contributed by atoms with Gasteiger partial charge in [0.05, 0.1) is 55.4 Å². The SMILES string of the molecule is CCc1csc(CC(=O)c2cc(Cl)cc(Oc3cncnc3)c2)n1.CCc1nc(CC(=O)c2cc(Cl)cc(Oc3cncnc3)c2)ccc1F.Cc1cccc(CC(=O)c2cc(F)cc(Cc3cncnc3)c2)n1. The predicted octanol–water partition coefficient (Wildman–Crippen LogP) is 12.1. The van der Waals surface area contributed by atoms with Gasteiger partial charge in [0.1, 0.15) is 47.1 Å².